The zero-order valence-electron chi connectivity index (χ0n) is 9.73. The van der Waals surface area contributed by atoms with Crippen LogP contribution in [0.1, 0.15) is 18.6 Å². The van der Waals surface area contributed by atoms with Crippen molar-refractivity contribution in [1.82, 2.24) is 0 Å². The van der Waals surface area contributed by atoms with Crippen LogP contribution in [0.4, 0.5) is 0 Å². The van der Waals surface area contributed by atoms with Crippen LogP contribution in [0.25, 0.3) is 0 Å². The molecule has 0 spiro atoms. The van der Waals surface area contributed by atoms with Crippen LogP contribution >= 0.6 is 43.6 Å². The van der Waals surface area contributed by atoms with Crippen LogP contribution in [-0.4, -0.2) is 5.11 Å². The van der Waals surface area contributed by atoms with E-state index >= 15 is 0 Å². The molecular weight excluding hydrogens is 376 g/mol. The van der Waals surface area contributed by atoms with Crippen molar-refractivity contribution in [2.24, 2.45) is 0 Å². The monoisotopic (exact) mass is 386 g/mol. The van der Waals surface area contributed by atoms with E-state index in [0.29, 0.717) is 0 Å². The Morgan fingerprint density at radius 1 is 1.06 bits per heavy atom. The minimum atomic E-state index is -0.437. The second kappa shape index (κ2) is 6.24. The van der Waals surface area contributed by atoms with E-state index in [1.54, 1.807) is 18.7 Å². The van der Waals surface area contributed by atoms with Gasteiger partial charge in [0.25, 0.3) is 0 Å². The molecule has 1 nitrogen and oxygen atoms in total. The average Bonchev–Trinajstić information content (AvgIpc) is 2.34. The molecule has 2 aromatic carbocycles. The molecule has 1 N–H and O–H groups in total. The van der Waals surface area contributed by atoms with Crippen LogP contribution in [0.5, 0.6) is 0 Å². The van der Waals surface area contributed by atoms with Gasteiger partial charge in [0.15, 0.2) is 0 Å². The second-order valence-corrected chi connectivity index (χ2v) is 6.81. The molecule has 2 rings (SSSR count). The highest BCUT2D eigenvalue weighted by Gasteiger charge is 2.06. The summed E-state index contributed by atoms with van der Waals surface area (Å²) in [6.45, 7) is 1.77. The van der Waals surface area contributed by atoms with Gasteiger partial charge in [0.05, 0.1) is 6.10 Å². The number of halogens is 2. The topological polar surface area (TPSA) is 20.2 Å². The number of aliphatic hydroxyl groups is 1. The molecule has 1 atom stereocenters. The van der Waals surface area contributed by atoms with Crippen molar-refractivity contribution in [3.8, 4) is 0 Å². The van der Waals surface area contributed by atoms with Crippen LogP contribution < -0.4 is 0 Å². The Morgan fingerprint density at radius 2 is 1.72 bits per heavy atom. The first kappa shape index (κ1) is 14.1. The Bertz CT molecular complexity index is 538. The summed E-state index contributed by atoms with van der Waals surface area (Å²) in [4.78, 5) is 2.32. The van der Waals surface area contributed by atoms with Gasteiger partial charge in [-0.3, -0.25) is 0 Å². The molecule has 0 radical (unpaired) electrons. The quantitative estimate of drug-likeness (QED) is 0.758. The predicted octanol–water partition coefficient (Wildman–Crippen LogP) is 5.42. The standard InChI is InChI=1S/C14H12Br2OS/c1-9(17)10-2-7-14(13(16)8-10)18-12-5-3-11(15)4-6-12/h2-9,17H,1H3/t9-/m1/s1. The number of hydrogen-bond acceptors (Lipinski definition) is 2. The van der Waals surface area contributed by atoms with E-state index in [4.69, 9.17) is 0 Å². The molecule has 0 saturated carbocycles. The van der Waals surface area contributed by atoms with Crippen molar-refractivity contribution < 1.29 is 5.11 Å². The number of aliphatic hydroxyl groups excluding tert-OH is 1. The fraction of sp³-hybridized carbons (Fsp3) is 0.143. The summed E-state index contributed by atoms with van der Waals surface area (Å²) in [5.41, 5.74) is 0.919. The van der Waals surface area contributed by atoms with E-state index in [0.717, 1.165) is 19.4 Å². The van der Waals surface area contributed by atoms with Gasteiger partial charge in [-0.25, -0.2) is 0 Å². The van der Waals surface area contributed by atoms with E-state index < -0.39 is 6.10 Å². The van der Waals surface area contributed by atoms with Crippen LogP contribution in [0.15, 0.2) is 61.2 Å². The average molecular weight is 388 g/mol. The third-order valence-electron chi connectivity index (χ3n) is 2.48. The molecule has 0 amide bonds. The van der Waals surface area contributed by atoms with Crippen molar-refractivity contribution in [3.63, 3.8) is 0 Å². The molecule has 0 aromatic heterocycles. The molecular formula is C14H12Br2OS. The molecule has 94 valence electrons. The van der Waals surface area contributed by atoms with E-state index in [2.05, 4.69) is 44.0 Å². The molecule has 0 heterocycles. The number of benzene rings is 2. The Balaban J connectivity index is 2.22. The number of hydrogen-bond donors (Lipinski definition) is 1. The molecule has 0 aliphatic rings. The van der Waals surface area contributed by atoms with E-state index in [1.807, 2.05) is 30.3 Å². The fourth-order valence-corrected chi connectivity index (χ4v) is 3.21. The van der Waals surface area contributed by atoms with Gasteiger partial charge in [-0.15, -0.1) is 0 Å². The van der Waals surface area contributed by atoms with Crippen molar-refractivity contribution in [2.75, 3.05) is 0 Å². The van der Waals surface area contributed by atoms with Crippen LogP contribution in [0, 0.1) is 0 Å². The lowest BCUT2D eigenvalue weighted by Crippen LogP contribution is -1.90. The summed E-state index contributed by atoms with van der Waals surface area (Å²) in [6, 6.07) is 14.1. The highest BCUT2D eigenvalue weighted by molar-refractivity contribution is 9.10. The molecule has 0 aliphatic heterocycles. The molecule has 0 aliphatic carbocycles. The van der Waals surface area contributed by atoms with Gasteiger partial charge in [-0.1, -0.05) is 33.8 Å². The van der Waals surface area contributed by atoms with Gasteiger partial charge in [0, 0.05) is 18.7 Å². The van der Waals surface area contributed by atoms with E-state index in [1.165, 1.54) is 4.90 Å². The van der Waals surface area contributed by atoms with Gasteiger partial charge < -0.3 is 5.11 Å². The van der Waals surface area contributed by atoms with Crippen molar-refractivity contribution in [1.29, 1.82) is 0 Å². The normalized spacial score (nSPS) is 12.4. The minimum absolute atomic E-state index is 0.437. The highest BCUT2D eigenvalue weighted by atomic mass is 79.9. The van der Waals surface area contributed by atoms with E-state index in [9.17, 15) is 5.11 Å². The van der Waals surface area contributed by atoms with Crippen molar-refractivity contribution in [3.05, 3.63) is 57.0 Å². The third kappa shape index (κ3) is 3.60. The lowest BCUT2D eigenvalue weighted by molar-refractivity contribution is 0.199. The molecule has 2 aromatic rings. The first-order chi connectivity index (χ1) is 8.56. The Kier molecular flexibility index (Phi) is 4.90. The zero-order chi connectivity index (χ0) is 13.1. The predicted molar refractivity (Wildman–Crippen MR) is 83.0 cm³/mol. The maximum atomic E-state index is 9.53. The van der Waals surface area contributed by atoms with Gasteiger partial charge in [0.1, 0.15) is 0 Å². The Morgan fingerprint density at radius 3 is 2.28 bits per heavy atom. The summed E-state index contributed by atoms with van der Waals surface area (Å²) in [5.74, 6) is 0. The van der Waals surface area contributed by atoms with Crippen molar-refractivity contribution in [2.45, 2.75) is 22.8 Å². The van der Waals surface area contributed by atoms with Gasteiger partial charge in [0.2, 0.25) is 0 Å². The van der Waals surface area contributed by atoms with E-state index in [-0.39, 0.29) is 0 Å². The molecule has 0 unspecified atom stereocenters. The number of rotatable bonds is 3. The molecule has 0 bridgehead atoms. The first-order valence-electron chi connectivity index (χ1n) is 5.47. The summed E-state index contributed by atoms with van der Waals surface area (Å²) in [5, 5.41) is 9.53. The van der Waals surface area contributed by atoms with Gasteiger partial charge >= 0.3 is 0 Å². The molecule has 18 heavy (non-hydrogen) atoms. The summed E-state index contributed by atoms with van der Waals surface area (Å²) in [6.07, 6.45) is -0.437. The smallest absolute Gasteiger partial charge is 0.0762 e. The lowest BCUT2D eigenvalue weighted by atomic mass is 10.1. The first-order valence-corrected chi connectivity index (χ1v) is 7.87. The third-order valence-corrected chi connectivity index (χ3v) is 5.01. The second-order valence-electron chi connectivity index (χ2n) is 3.92. The summed E-state index contributed by atoms with van der Waals surface area (Å²) in [7, 11) is 0. The molecule has 4 heteroatoms. The molecule has 0 saturated heterocycles. The van der Waals surface area contributed by atoms with Crippen molar-refractivity contribution >= 4 is 43.6 Å². The van der Waals surface area contributed by atoms with Crippen LogP contribution in [-0.2, 0) is 0 Å². The fourth-order valence-electron chi connectivity index (χ4n) is 1.49. The Hall–Kier alpha value is -0.290. The highest BCUT2D eigenvalue weighted by Crippen LogP contribution is 2.35. The van der Waals surface area contributed by atoms with Crippen LogP contribution in [0.3, 0.4) is 0 Å². The summed E-state index contributed by atoms with van der Waals surface area (Å²) >= 11 is 8.66. The minimum Gasteiger partial charge on any atom is -0.389 e. The largest absolute Gasteiger partial charge is 0.389 e. The maximum absolute atomic E-state index is 9.53. The van der Waals surface area contributed by atoms with Gasteiger partial charge in [-0.2, -0.15) is 0 Å². The maximum Gasteiger partial charge on any atom is 0.0762 e. The SMILES string of the molecule is C[C@@H](O)c1ccc(Sc2ccc(Br)cc2)c(Br)c1. The molecule has 0 fully saturated rings. The Labute approximate surface area is 128 Å². The van der Waals surface area contributed by atoms with Gasteiger partial charge in [-0.05, 0) is 64.8 Å². The van der Waals surface area contributed by atoms with Crippen LogP contribution in [0.2, 0.25) is 0 Å². The lowest BCUT2D eigenvalue weighted by Gasteiger charge is -2.09. The zero-order valence-corrected chi connectivity index (χ0v) is 13.7. The summed E-state index contributed by atoms with van der Waals surface area (Å²) < 4.78 is 2.09.